The average Bonchev–Trinajstić information content (AvgIpc) is 3.19. The molecule has 3 rings (SSSR count). The molecule has 0 spiro atoms. The van der Waals surface area contributed by atoms with E-state index in [2.05, 4.69) is 69.1 Å². The standard InChI is InChI=1S/C17H22BrN3/c1-12(2)9-19-10-14-11-20-21(17(14)13-6-7-13)16-5-3-4-15(18)8-16/h3-5,8,11-13,19H,6-7,9-10H2,1-2H3. The minimum atomic E-state index is 0.675. The van der Waals surface area contributed by atoms with Crippen LogP contribution >= 0.6 is 15.9 Å². The third-order valence-electron chi connectivity index (χ3n) is 3.77. The lowest BCUT2D eigenvalue weighted by molar-refractivity contribution is 0.550. The zero-order chi connectivity index (χ0) is 14.8. The minimum absolute atomic E-state index is 0.675. The molecular formula is C17H22BrN3. The van der Waals surface area contributed by atoms with Crippen molar-refractivity contribution in [2.24, 2.45) is 5.92 Å². The van der Waals surface area contributed by atoms with Gasteiger partial charge in [-0.2, -0.15) is 5.10 Å². The summed E-state index contributed by atoms with van der Waals surface area (Å²) < 4.78 is 3.21. The molecule has 4 heteroatoms. The van der Waals surface area contributed by atoms with Gasteiger partial charge in [-0.15, -0.1) is 0 Å². The second-order valence-corrected chi connectivity index (χ2v) is 7.16. The highest BCUT2D eigenvalue weighted by Gasteiger charge is 2.30. The lowest BCUT2D eigenvalue weighted by atomic mass is 10.1. The Balaban J connectivity index is 1.86. The third kappa shape index (κ3) is 3.55. The molecule has 3 nitrogen and oxygen atoms in total. The van der Waals surface area contributed by atoms with Crippen LogP contribution in [0, 0.1) is 5.92 Å². The summed E-state index contributed by atoms with van der Waals surface area (Å²) >= 11 is 3.55. The van der Waals surface area contributed by atoms with Gasteiger partial charge in [-0.3, -0.25) is 0 Å². The molecule has 0 saturated heterocycles. The Morgan fingerprint density at radius 1 is 1.38 bits per heavy atom. The largest absolute Gasteiger partial charge is 0.312 e. The highest BCUT2D eigenvalue weighted by Crippen LogP contribution is 2.42. The van der Waals surface area contributed by atoms with Crippen LogP contribution in [-0.4, -0.2) is 16.3 Å². The summed E-state index contributed by atoms with van der Waals surface area (Å²) in [6, 6.07) is 8.36. The number of hydrogen-bond donors (Lipinski definition) is 1. The molecule has 0 amide bonds. The molecule has 1 aliphatic rings. The van der Waals surface area contributed by atoms with Crippen LogP contribution in [-0.2, 0) is 6.54 Å². The number of rotatable bonds is 6. The maximum Gasteiger partial charge on any atom is 0.0660 e. The molecule has 112 valence electrons. The molecule has 1 saturated carbocycles. The Labute approximate surface area is 134 Å². The van der Waals surface area contributed by atoms with Gasteiger partial charge in [0.05, 0.1) is 17.6 Å². The smallest absolute Gasteiger partial charge is 0.0660 e. The molecule has 1 N–H and O–H groups in total. The van der Waals surface area contributed by atoms with E-state index in [0.717, 1.165) is 23.2 Å². The summed E-state index contributed by atoms with van der Waals surface area (Å²) in [4.78, 5) is 0. The SMILES string of the molecule is CC(C)CNCc1cnn(-c2cccc(Br)c2)c1C1CC1. The molecule has 1 aliphatic carbocycles. The molecule has 0 atom stereocenters. The topological polar surface area (TPSA) is 29.9 Å². The van der Waals surface area contributed by atoms with Crippen LogP contribution in [0.1, 0.15) is 43.9 Å². The lowest BCUT2D eigenvalue weighted by Gasteiger charge is -2.11. The fourth-order valence-corrected chi connectivity index (χ4v) is 3.02. The molecule has 1 heterocycles. The fraction of sp³-hybridized carbons (Fsp3) is 0.471. The number of hydrogen-bond acceptors (Lipinski definition) is 2. The van der Waals surface area contributed by atoms with Crippen molar-refractivity contribution in [1.29, 1.82) is 0 Å². The van der Waals surface area contributed by atoms with E-state index >= 15 is 0 Å². The first-order valence-corrected chi connectivity index (χ1v) is 8.48. The van der Waals surface area contributed by atoms with Crippen LogP contribution in [0.4, 0.5) is 0 Å². The van der Waals surface area contributed by atoms with Gasteiger partial charge in [0.2, 0.25) is 0 Å². The van der Waals surface area contributed by atoms with E-state index in [0.29, 0.717) is 11.8 Å². The molecule has 2 aromatic rings. The van der Waals surface area contributed by atoms with Crippen molar-refractivity contribution in [3.63, 3.8) is 0 Å². The Hall–Kier alpha value is -1.13. The number of aromatic nitrogens is 2. The van der Waals surface area contributed by atoms with Crippen molar-refractivity contribution in [1.82, 2.24) is 15.1 Å². The molecule has 1 aromatic heterocycles. The van der Waals surface area contributed by atoms with Crippen LogP contribution in [0.25, 0.3) is 5.69 Å². The van der Waals surface area contributed by atoms with E-state index in [9.17, 15) is 0 Å². The number of halogens is 1. The predicted octanol–water partition coefficient (Wildman–Crippen LogP) is 4.26. The van der Waals surface area contributed by atoms with Crippen LogP contribution in [0.5, 0.6) is 0 Å². The van der Waals surface area contributed by atoms with Gasteiger partial charge < -0.3 is 5.32 Å². The second kappa shape index (κ2) is 6.32. The normalized spacial score (nSPS) is 14.9. The Morgan fingerprint density at radius 2 is 2.19 bits per heavy atom. The highest BCUT2D eigenvalue weighted by atomic mass is 79.9. The average molecular weight is 348 g/mol. The van der Waals surface area contributed by atoms with Crippen molar-refractivity contribution in [3.8, 4) is 5.69 Å². The van der Waals surface area contributed by atoms with Crippen molar-refractivity contribution >= 4 is 15.9 Å². The molecule has 1 fully saturated rings. The first kappa shape index (κ1) is 14.8. The van der Waals surface area contributed by atoms with Crippen molar-refractivity contribution in [3.05, 3.63) is 46.2 Å². The summed E-state index contributed by atoms with van der Waals surface area (Å²) in [6.45, 7) is 6.43. The summed E-state index contributed by atoms with van der Waals surface area (Å²) in [5.74, 6) is 1.36. The molecule has 1 aromatic carbocycles. The summed E-state index contributed by atoms with van der Waals surface area (Å²) in [7, 11) is 0. The van der Waals surface area contributed by atoms with Gasteiger partial charge in [0.25, 0.3) is 0 Å². The van der Waals surface area contributed by atoms with E-state index in [1.165, 1.54) is 24.1 Å². The molecule has 21 heavy (non-hydrogen) atoms. The van der Waals surface area contributed by atoms with Gasteiger partial charge in [0, 0.05) is 22.5 Å². The van der Waals surface area contributed by atoms with Crippen molar-refractivity contribution in [2.75, 3.05) is 6.54 Å². The van der Waals surface area contributed by atoms with E-state index in [4.69, 9.17) is 0 Å². The highest BCUT2D eigenvalue weighted by molar-refractivity contribution is 9.10. The van der Waals surface area contributed by atoms with E-state index in [-0.39, 0.29) is 0 Å². The quantitative estimate of drug-likeness (QED) is 0.845. The number of benzene rings is 1. The Morgan fingerprint density at radius 3 is 2.86 bits per heavy atom. The van der Waals surface area contributed by atoms with Gasteiger partial charge in [-0.25, -0.2) is 4.68 Å². The third-order valence-corrected chi connectivity index (χ3v) is 4.26. The maximum atomic E-state index is 4.64. The van der Waals surface area contributed by atoms with E-state index < -0.39 is 0 Å². The van der Waals surface area contributed by atoms with Gasteiger partial charge in [0.1, 0.15) is 0 Å². The minimum Gasteiger partial charge on any atom is -0.312 e. The molecule has 0 aliphatic heterocycles. The van der Waals surface area contributed by atoms with Gasteiger partial charge >= 0.3 is 0 Å². The van der Waals surface area contributed by atoms with Crippen molar-refractivity contribution < 1.29 is 0 Å². The van der Waals surface area contributed by atoms with Crippen LogP contribution in [0.2, 0.25) is 0 Å². The van der Waals surface area contributed by atoms with E-state index in [1.54, 1.807) is 0 Å². The monoisotopic (exact) mass is 347 g/mol. The Kier molecular flexibility index (Phi) is 4.45. The summed E-state index contributed by atoms with van der Waals surface area (Å²) in [5, 5.41) is 8.18. The van der Waals surface area contributed by atoms with E-state index in [1.807, 2.05) is 6.20 Å². The molecule has 0 bridgehead atoms. The number of nitrogens with one attached hydrogen (secondary N) is 1. The molecular weight excluding hydrogens is 326 g/mol. The van der Waals surface area contributed by atoms with Crippen LogP contribution in [0.3, 0.4) is 0 Å². The zero-order valence-electron chi connectivity index (χ0n) is 12.6. The fourth-order valence-electron chi connectivity index (χ4n) is 2.63. The predicted molar refractivity (Wildman–Crippen MR) is 89.8 cm³/mol. The molecule has 0 unspecified atom stereocenters. The molecule has 0 radical (unpaired) electrons. The number of nitrogens with zero attached hydrogens (tertiary/aromatic N) is 2. The summed E-state index contributed by atoms with van der Waals surface area (Å²) in [5.41, 5.74) is 3.88. The van der Waals surface area contributed by atoms with Gasteiger partial charge in [-0.05, 0) is 43.5 Å². The lowest BCUT2D eigenvalue weighted by Crippen LogP contribution is -2.19. The summed E-state index contributed by atoms with van der Waals surface area (Å²) in [6.07, 6.45) is 4.61. The van der Waals surface area contributed by atoms with Crippen LogP contribution in [0.15, 0.2) is 34.9 Å². The zero-order valence-corrected chi connectivity index (χ0v) is 14.2. The Bertz CT molecular complexity index is 614. The second-order valence-electron chi connectivity index (χ2n) is 6.25. The maximum absolute atomic E-state index is 4.64. The van der Waals surface area contributed by atoms with Gasteiger partial charge in [0.15, 0.2) is 0 Å². The first-order chi connectivity index (χ1) is 10.1. The van der Waals surface area contributed by atoms with Crippen LogP contribution < -0.4 is 5.32 Å². The van der Waals surface area contributed by atoms with Gasteiger partial charge in [-0.1, -0.05) is 35.8 Å². The first-order valence-electron chi connectivity index (χ1n) is 7.68. The van der Waals surface area contributed by atoms with Crippen molar-refractivity contribution in [2.45, 2.75) is 39.2 Å².